The molecule has 1 aromatic rings. The van der Waals surface area contributed by atoms with E-state index in [0.29, 0.717) is 12.0 Å². The van der Waals surface area contributed by atoms with E-state index in [1.54, 1.807) is 7.11 Å². The number of rotatable bonds is 4. The van der Waals surface area contributed by atoms with Crippen LogP contribution in [0.4, 0.5) is 0 Å². The first kappa shape index (κ1) is 12.9. The predicted octanol–water partition coefficient (Wildman–Crippen LogP) is 1.96. The Morgan fingerprint density at radius 2 is 2.11 bits per heavy atom. The van der Waals surface area contributed by atoms with E-state index in [2.05, 4.69) is 19.1 Å². The third-order valence-electron chi connectivity index (χ3n) is 3.63. The monoisotopic (exact) mass is 249 g/mol. The lowest BCUT2D eigenvalue weighted by atomic mass is 9.97. The molecule has 98 valence electrons. The molecule has 0 saturated carbocycles. The second-order valence-electron chi connectivity index (χ2n) is 4.88. The molecule has 0 radical (unpaired) electrons. The van der Waals surface area contributed by atoms with Gasteiger partial charge in [0.05, 0.1) is 13.7 Å². The number of carboxylic acid groups (broad SMARTS) is 1. The molecule has 4 heteroatoms. The maximum Gasteiger partial charge on any atom is 0.317 e. The summed E-state index contributed by atoms with van der Waals surface area (Å²) in [7, 11) is 1.65. The van der Waals surface area contributed by atoms with Gasteiger partial charge in [-0.15, -0.1) is 0 Å². The Labute approximate surface area is 107 Å². The van der Waals surface area contributed by atoms with Crippen LogP contribution in [0, 0.1) is 0 Å². The number of nitrogens with zero attached hydrogens (tertiary/aromatic N) is 1. The fourth-order valence-electron chi connectivity index (χ4n) is 2.61. The van der Waals surface area contributed by atoms with Gasteiger partial charge in [-0.1, -0.05) is 12.1 Å². The third-order valence-corrected chi connectivity index (χ3v) is 3.63. The smallest absolute Gasteiger partial charge is 0.317 e. The van der Waals surface area contributed by atoms with Crippen molar-refractivity contribution in [3.63, 3.8) is 0 Å². The number of hydrogen-bond donors (Lipinski definition) is 1. The van der Waals surface area contributed by atoms with Gasteiger partial charge in [0.15, 0.2) is 0 Å². The van der Waals surface area contributed by atoms with Gasteiger partial charge in [0.25, 0.3) is 0 Å². The Hall–Kier alpha value is -1.55. The molecule has 2 rings (SSSR count). The maximum atomic E-state index is 10.8. The fraction of sp³-hybridized carbons (Fsp3) is 0.500. The highest BCUT2D eigenvalue weighted by Crippen LogP contribution is 2.32. The molecule has 1 aromatic carbocycles. The molecule has 1 N–H and O–H groups in total. The van der Waals surface area contributed by atoms with Crippen LogP contribution < -0.4 is 4.74 Å². The molecular weight excluding hydrogens is 230 g/mol. The highest BCUT2D eigenvalue weighted by molar-refractivity contribution is 5.69. The van der Waals surface area contributed by atoms with Crippen LogP contribution >= 0.6 is 0 Å². The van der Waals surface area contributed by atoms with Gasteiger partial charge < -0.3 is 9.84 Å². The lowest BCUT2D eigenvalue weighted by Gasteiger charge is -2.17. The third kappa shape index (κ3) is 2.82. The molecule has 0 aliphatic carbocycles. The molecule has 0 aromatic heterocycles. The Morgan fingerprint density at radius 3 is 2.67 bits per heavy atom. The van der Waals surface area contributed by atoms with E-state index in [-0.39, 0.29) is 6.54 Å². The zero-order chi connectivity index (χ0) is 13.1. The van der Waals surface area contributed by atoms with Crippen molar-refractivity contribution in [2.24, 2.45) is 0 Å². The molecule has 2 atom stereocenters. The van der Waals surface area contributed by atoms with Crippen LogP contribution in [0.3, 0.4) is 0 Å². The molecule has 0 spiro atoms. The number of hydrogen-bond acceptors (Lipinski definition) is 3. The summed E-state index contributed by atoms with van der Waals surface area (Å²) in [5.41, 5.74) is 1.26. The van der Waals surface area contributed by atoms with Crippen LogP contribution in [-0.2, 0) is 4.79 Å². The number of aliphatic carboxylic acids is 1. The molecule has 1 heterocycles. The second kappa shape index (κ2) is 5.40. The van der Waals surface area contributed by atoms with Crippen molar-refractivity contribution >= 4 is 5.97 Å². The summed E-state index contributed by atoms with van der Waals surface area (Å²) in [5, 5.41) is 8.86. The minimum Gasteiger partial charge on any atom is -0.497 e. The van der Waals surface area contributed by atoms with Gasteiger partial charge in [-0.25, -0.2) is 0 Å². The summed E-state index contributed by atoms with van der Waals surface area (Å²) < 4.78 is 5.14. The van der Waals surface area contributed by atoms with Crippen molar-refractivity contribution in [3.8, 4) is 5.75 Å². The molecule has 2 unspecified atom stereocenters. The minimum atomic E-state index is -0.753. The van der Waals surface area contributed by atoms with Crippen molar-refractivity contribution in [1.82, 2.24) is 4.90 Å². The number of carbonyl (C=O) groups is 1. The van der Waals surface area contributed by atoms with Crippen LogP contribution in [0.25, 0.3) is 0 Å². The number of ether oxygens (including phenoxy) is 1. The van der Waals surface area contributed by atoms with E-state index in [0.717, 1.165) is 18.7 Å². The van der Waals surface area contributed by atoms with Gasteiger partial charge in [0, 0.05) is 12.6 Å². The molecule has 0 bridgehead atoms. The van der Waals surface area contributed by atoms with Gasteiger partial charge in [-0.2, -0.15) is 0 Å². The van der Waals surface area contributed by atoms with Crippen LogP contribution in [0.15, 0.2) is 24.3 Å². The Kier molecular flexibility index (Phi) is 3.87. The summed E-state index contributed by atoms with van der Waals surface area (Å²) in [6.45, 7) is 3.04. The lowest BCUT2D eigenvalue weighted by Crippen LogP contribution is -2.32. The number of carboxylic acids is 1. The van der Waals surface area contributed by atoms with E-state index >= 15 is 0 Å². The van der Waals surface area contributed by atoms with Gasteiger partial charge in [-0.05, 0) is 37.0 Å². The molecule has 18 heavy (non-hydrogen) atoms. The molecule has 1 fully saturated rings. The van der Waals surface area contributed by atoms with Crippen LogP contribution in [0.2, 0.25) is 0 Å². The first-order chi connectivity index (χ1) is 8.60. The van der Waals surface area contributed by atoms with Crippen molar-refractivity contribution in [1.29, 1.82) is 0 Å². The first-order valence-corrected chi connectivity index (χ1v) is 6.20. The minimum absolute atomic E-state index is 0.133. The van der Waals surface area contributed by atoms with Crippen molar-refractivity contribution in [2.75, 3.05) is 20.2 Å². The van der Waals surface area contributed by atoms with Crippen molar-refractivity contribution < 1.29 is 14.6 Å². The number of benzene rings is 1. The average molecular weight is 249 g/mol. The van der Waals surface area contributed by atoms with Gasteiger partial charge in [-0.3, -0.25) is 9.69 Å². The second-order valence-corrected chi connectivity index (χ2v) is 4.88. The summed E-state index contributed by atoms with van der Waals surface area (Å²) in [4.78, 5) is 12.8. The molecule has 4 nitrogen and oxygen atoms in total. The summed E-state index contributed by atoms with van der Waals surface area (Å²) >= 11 is 0. The van der Waals surface area contributed by atoms with Crippen molar-refractivity contribution in [2.45, 2.75) is 25.3 Å². The lowest BCUT2D eigenvalue weighted by molar-refractivity contribution is -0.138. The number of likely N-dealkylation sites (tertiary alicyclic amines) is 1. The summed E-state index contributed by atoms with van der Waals surface area (Å²) in [5.74, 6) is 0.523. The SMILES string of the molecule is COc1ccc(C2CC(C)N(CC(=O)O)C2)cc1. The maximum absolute atomic E-state index is 10.8. The Bertz CT molecular complexity index is 416. The van der Waals surface area contributed by atoms with Gasteiger partial charge in [0.1, 0.15) is 5.75 Å². The summed E-state index contributed by atoms with van der Waals surface area (Å²) in [6, 6.07) is 8.38. The highest BCUT2D eigenvalue weighted by atomic mass is 16.5. The standard InChI is InChI=1S/C14H19NO3/c1-10-7-12(8-15(10)9-14(16)17)11-3-5-13(18-2)6-4-11/h3-6,10,12H,7-9H2,1-2H3,(H,16,17). The van der Waals surface area contributed by atoms with Crippen LogP contribution in [0.1, 0.15) is 24.8 Å². The van der Waals surface area contributed by atoms with Gasteiger partial charge in [0.2, 0.25) is 0 Å². The summed E-state index contributed by atoms with van der Waals surface area (Å²) in [6.07, 6.45) is 1.01. The molecule has 0 amide bonds. The van der Waals surface area contributed by atoms with Crippen molar-refractivity contribution in [3.05, 3.63) is 29.8 Å². The normalized spacial score (nSPS) is 24.1. The van der Waals surface area contributed by atoms with E-state index in [9.17, 15) is 4.79 Å². The zero-order valence-corrected chi connectivity index (χ0v) is 10.8. The van der Waals surface area contributed by atoms with Gasteiger partial charge >= 0.3 is 5.97 Å². The van der Waals surface area contributed by atoms with E-state index < -0.39 is 5.97 Å². The number of methoxy groups -OCH3 is 1. The van der Waals surface area contributed by atoms with Crippen LogP contribution in [0.5, 0.6) is 5.75 Å². The van der Waals surface area contributed by atoms with E-state index in [1.807, 2.05) is 17.0 Å². The molecule has 1 aliphatic heterocycles. The Balaban J connectivity index is 2.04. The largest absolute Gasteiger partial charge is 0.497 e. The average Bonchev–Trinajstić information content (AvgIpc) is 2.70. The quantitative estimate of drug-likeness (QED) is 0.886. The van der Waals surface area contributed by atoms with E-state index in [1.165, 1.54) is 5.56 Å². The molecule has 1 aliphatic rings. The Morgan fingerprint density at radius 1 is 1.44 bits per heavy atom. The highest BCUT2D eigenvalue weighted by Gasteiger charge is 2.30. The first-order valence-electron chi connectivity index (χ1n) is 6.20. The molecular formula is C14H19NO3. The zero-order valence-electron chi connectivity index (χ0n) is 10.8. The topological polar surface area (TPSA) is 49.8 Å². The molecule has 1 saturated heterocycles. The van der Waals surface area contributed by atoms with E-state index in [4.69, 9.17) is 9.84 Å². The van der Waals surface area contributed by atoms with Crippen LogP contribution in [-0.4, -0.2) is 42.2 Å². The predicted molar refractivity (Wildman–Crippen MR) is 69.0 cm³/mol. The fourth-order valence-corrected chi connectivity index (χ4v) is 2.61.